The van der Waals surface area contributed by atoms with Crippen molar-refractivity contribution in [1.82, 2.24) is 15.1 Å². The lowest BCUT2D eigenvalue weighted by Crippen LogP contribution is -2.49. The van der Waals surface area contributed by atoms with Gasteiger partial charge in [0, 0.05) is 43.6 Å². The average Bonchev–Trinajstić information content (AvgIpc) is 3.53. The molecule has 6 rings (SSSR count). The fourth-order valence-corrected chi connectivity index (χ4v) is 6.81. The predicted octanol–water partition coefficient (Wildman–Crippen LogP) is 3.24. The molecule has 182 valence electrons. The van der Waals surface area contributed by atoms with Crippen LogP contribution in [0.2, 0.25) is 0 Å². The van der Waals surface area contributed by atoms with Gasteiger partial charge in [0.05, 0.1) is 0 Å². The van der Waals surface area contributed by atoms with Crippen LogP contribution in [0.4, 0.5) is 0 Å². The van der Waals surface area contributed by atoms with Gasteiger partial charge in [-0.15, -0.1) is 0 Å². The third kappa shape index (κ3) is 3.93. The van der Waals surface area contributed by atoms with Crippen molar-refractivity contribution in [1.29, 1.82) is 0 Å². The van der Waals surface area contributed by atoms with Crippen molar-refractivity contribution >= 4 is 11.8 Å². The van der Waals surface area contributed by atoms with Crippen LogP contribution >= 0.6 is 0 Å². The van der Waals surface area contributed by atoms with Gasteiger partial charge in [0.2, 0.25) is 5.91 Å². The van der Waals surface area contributed by atoms with Gasteiger partial charge in [0.25, 0.3) is 5.91 Å². The Morgan fingerprint density at radius 2 is 1.97 bits per heavy atom. The van der Waals surface area contributed by atoms with Gasteiger partial charge in [-0.1, -0.05) is 6.58 Å². The Morgan fingerprint density at radius 3 is 2.79 bits per heavy atom. The number of nitrogens with zero attached hydrogens (tertiary/aromatic N) is 2. The standard InChI is InChI=1S/C27H35N3O4/c1-18-5-8-23(25(31)28-18)30-16-19-15-20(6-7-21(19)26(30)32)34-24-4-2-3-22(24)29-12-9-27(17-29)10-13-33-14-11-27/h6-7,15,22-24H,1-5,8-14,16-17H2,(H,28,31)/t22-,23?,24-/m1/s1. The lowest BCUT2D eigenvalue weighted by Gasteiger charge is -2.35. The van der Waals surface area contributed by atoms with E-state index in [0.29, 0.717) is 36.4 Å². The maximum atomic E-state index is 13.0. The van der Waals surface area contributed by atoms with E-state index in [0.717, 1.165) is 43.2 Å². The normalized spacial score (nSPS) is 31.2. The van der Waals surface area contributed by atoms with E-state index < -0.39 is 6.04 Å². The number of ether oxygens (including phenoxy) is 2. The minimum absolute atomic E-state index is 0.0632. The molecule has 3 atom stereocenters. The Morgan fingerprint density at radius 1 is 1.12 bits per heavy atom. The van der Waals surface area contributed by atoms with Crippen molar-refractivity contribution in [3.8, 4) is 5.75 Å². The molecule has 1 unspecified atom stereocenters. The second kappa shape index (κ2) is 8.68. The van der Waals surface area contributed by atoms with Gasteiger partial charge in [0.1, 0.15) is 17.9 Å². The number of amides is 2. The molecule has 7 nitrogen and oxygen atoms in total. The summed E-state index contributed by atoms with van der Waals surface area (Å²) in [6.45, 7) is 8.44. The second-order valence-corrected chi connectivity index (χ2v) is 10.9. The van der Waals surface area contributed by atoms with Crippen LogP contribution in [0.1, 0.15) is 67.3 Å². The lowest BCUT2D eigenvalue weighted by molar-refractivity contribution is -0.126. The zero-order chi connectivity index (χ0) is 23.3. The van der Waals surface area contributed by atoms with Gasteiger partial charge in [-0.2, -0.15) is 0 Å². The molecule has 1 aromatic carbocycles. The molecule has 1 aromatic rings. The van der Waals surface area contributed by atoms with E-state index >= 15 is 0 Å². The van der Waals surface area contributed by atoms with Crippen LogP contribution in [0, 0.1) is 5.41 Å². The maximum absolute atomic E-state index is 13.0. The highest BCUT2D eigenvalue weighted by atomic mass is 16.5. The average molecular weight is 466 g/mol. The van der Waals surface area contributed by atoms with E-state index in [1.165, 1.54) is 38.6 Å². The molecule has 1 spiro atoms. The second-order valence-electron chi connectivity index (χ2n) is 10.9. The van der Waals surface area contributed by atoms with Crippen LogP contribution in [0.25, 0.3) is 0 Å². The first-order valence-electron chi connectivity index (χ1n) is 12.9. The predicted molar refractivity (Wildman–Crippen MR) is 127 cm³/mol. The SMILES string of the molecule is C=C1CCC(N2Cc3cc(O[C@@H]4CCC[C@H]4N4CCC5(CCOCC5)C4)ccc3C2=O)C(=O)N1. The summed E-state index contributed by atoms with van der Waals surface area (Å²) >= 11 is 0. The molecule has 0 bridgehead atoms. The zero-order valence-electron chi connectivity index (χ0n) is 19.9. The molecule has 1 N–H and O–H groups in total. The van der Waals surface area contributed by atoms with E-state index in [1.54, 1.807) is 4.90 Å². The Balaban J connectivity index is 1.13. The monoisotopic (exact) mass is 465 g/mol. The molecule has 4 aliphatic heterocycles. The smallest absolute Gasteiger partial charge is 0.255 e. The number of benzene rings is 1. The Hall–Kier alpha value is -2.38. The first kappa shape index (κ1) is 22.1. The number of rotatable bonds is 4. The highest BCUT2D eigenvalue weighted by Crippen LogP contribution is 2.43. The summed E-state index contributed by atoms with van der Waals surface area (Å²) in [4.78, 5) is 29.9. The Bertz CT molecular complexity index is 1000. The van der Waals surface area contributed by atoms with Gasteiger partial charge in [-0.25, -0.2) is 0 Å². The lowest BCUT2D eigenvalue weighted by atomic mass is 9.79. The molecular formula is C27H35N3O4. The minimum Gasteiger partial charge on any atom is -0.489 e. The maximum Gasteiger partial charge on any atom is 0.255 e. The summed E-state index contributed by atoms with van der Waals surface area (Å²) < 4.78 is 12.2. The zero-order valence-corrected chi connectivity index (χ0v) is 19.9. The van der Waals surface area contributed by atoms with Crippen molar-refractivity contribution in [2.45, 2.75) is 76.1 Å². The van der Waals surface area contributed by atoms with Crippen molar-refractivity contribution < 1.29 is 19.1 Å². The van der Waals surface area contributed by atoms with Crippen LogP contribution in [0.3, 0.4) is 0 Å². The van der Waals surface area contributed by atoms with E-state index in [-0.39, 0.29) is 17.9 Å². The molecular weight excluding hydrogens is 430 g/mol. The number of hydrogen-bond acceptors (Lipinski definition) is 5. The summed E-state index contributed by atoms with van der Waals surface area (Å²) in [5, 5.41) is 2.80. The van der Waals surface area contributed by atoms with Crippen LogP contribution in [-0.2, 0) is 16.1 Å². The van der Waals surface area contributed by atoms with Crippen molar-refractivity contribution in [3.05, 3.63) is 41.6 Å². The van der Waals surface area contributed by atoms with Crippen LogP contribution in [0.15, 0.2) is 30.5 Å². The molecule has 1 aliphatic carbocycles. The molecule has 0 aromatic heterocycles. The van der Waals surface area contributed by atoms with Crippen LogP contribution in [-0.4, -0.2) is 66.1 Å². The largest absolute Gasteiger partial charge is 0.489 e. The summed E-state index contributed by atoms with van der Waals surface area (Å²) in [6, 6.07) is 5.87. The van der Waals surface area contributed by atoms with E-state index in [4.69, 9.17) is 9.47 Å². The van der Waals surface area contributed by atoms with Crippen LogP contribution in [0.5, 0.6) is 5.75 Å². The quantitative estimate of drug-likeness (QED) is 0.739. The van der Waals surface area contributed by atoms with Crippen molar-refractivity contribution in [2.24, 2.45) is 5.41 Å². The number of hydrogen-bond donors (Lipinski definition) is 1. The molecule has 0 radical (unpaired) electrons. The first-order valence-corrected chi connectivity index (χ1v) is 12.9. The number of carbonyl (C=O) groups excluding carboxylic acids is 2. The van der Waals surface area contributed by atoms with Gasteiger partial charge in [-0.3, -0.25) is 14.5 Å². The molecule has 7 heteroatoms. The molecule has 2 amide bonds. The summed E-state index contributed by atoms with van der Waals surface area (Å²) in [5.41, 5.74) is 2.82. The molecule has 1 saturated carbocycles. The third-order valence-electron chi connectivity index (χ3n) is 8.80. The van der Waals surface area contributed by atoms with Crippen molar-refractivity contribution in [2.75, 3.05) is 26.3 Å². The molecule has 4 heterocycles. The van der Waals surface area contributed by atoms with Gasteiger partial charge in [0.15, 0.2) is 0 Å². The Labute approximate surface area is 201 Å². The number of carbonyl (C=O) groups is 2. The summed E-state index contributed by atoms with van der Waals surface area (Å²) in [5.74, 6) is 0.647. The number of piperidine rings is 1. The highest BCUT2D eigenvalue weighted by Gasteiger charge is 2.45. The topological polar surface area (TPSA) is 71.1 Å². The van der Waals surface area contributed by atoms with E-state index in [2.05, 4.69) is 16.8 Å². The Kier molecular flexibility index (Phi) is 5.65. The van der Waals surface area contributed by atoms with E-state index in [1.807, 2.05) is 18.2 Å². The fourth-order valence-electron chi connectivity index (χ4n) is 6.81. The number of nitrogens with one attached hydrogen (secondary N) is 1. The first-order chi connectivity index (χ1) is 16.5. The number of fused-ring (bicyclic) bond motifs is 1. The molecule has 34 heavy (non-hydrogen) atoms. The minimum atomic E-state index is -0.429. The van der Waals surface area contributed by atoms with Crippen LogP contribution < -0.4 is 10.1 Å². The number of allylic oxidation sites excluding steroid dienone is 1. The third-order valence-corrected chi connectivity index (χ3v) is 8.80. The van der Waals surface area contributed by atoms with Crippen molar-refractivity contribution in [3.63, 3.8) is 0 Å². The summed E-state index contributed by atoms with van der Waals surface area (Å²) in [7, 11) is 0. The molecule has 3 saturated heterocycles. The van der Waals surface area contributed by atoms with Gasteiger partial charge >= 0.3 is 0 Å². The molecule has 5 aliphatic rings. The number of likely N-dealkylation sites (tertiary alicyclic amines) is 1. The fraction of sp³-hybridized carbons (Fsp3) is 0.630. The van der Waals surface area contributed by atoms with E-state index in [9.17, 15) is 9.59 Å². The summed E-state index contributed by atoms with van der Waals surface area (Å²) in [6.07, 6.45) is 8.63. The highest BCUT2D eigenvalue weighted by molar-refractivity contribution is 6.01. The van der Waals surface area contributed by atoms with Gasteiger partial charge < -0.3 is 19.7 Å². The van der Waals surface area contributed by atoms with Gasteiger partial charge in [-0.05, 0) is 87.1 Å². The molecule has 4 fully saturated rings.